The van der Waals surface area contributed by atoms with E-state index in [-0.39, 0.29) is 11.3 Å². The van der Waals surface area contributed by atoms with Gasteiger partial charge < -0.3 is 14.9 Å². The molecule has 5 nitrogen and oxygen atoms in total. The Labute approximate surface area is 261 Å². The molecule has 2 aromatic carbocycles. The molecule has 0 radical (unpaired) electrons. The molecule has 1 N–H and O–H groups in total. The van der Waals surface area contributed by atoms with Crippen molar-refractivity contribution in [1.82, 2.24) is 4.90 Å². The third-order valence-electron chi connectivity index (χ3n) is 8.95. The van der Waals surface area contributed by atoms with Gasteiger partial charge in [0.2, 0.25) is 0 Å². The van der Waals surface area contributed by atoms with Gasteiger partial charge in [-0.15, -0.1) is 0 Å². The second kappa shape index (κ2) is 18.6. The van der Waals surface area contributed by atoms with Gasteiger partial charge in [-0.25, -0.2) is 0 Å². The van der Waals surface area contributed by atoms with Crippen LogP contribution in [-0.2, 0) is 9.59 Å². The molecule has 2 aromatic rings. The van der Waals surface area contributed by atoms with Crippen LogP contribution < -0.4 is 4.90 Å². The molecular weight excluding hydrogens is 532 g/mol. The molecule has 0 aliphatic carbocycles. The number of ketones is 1. The largest absolute Gasteiger partial charge is 0.507 e. The minimum atomic E-state index is -0.596. The Morgan fingerprint density at radius 2 is 1.19 bits per heavy atom. The number of carbonyl (C=O) groups is 2. The number of amides is 1. The van der Waals surface area contributed by atoms with Crippen molar-refractivity contribution in [3.8, 4) is 0 Å². The first kappa shape index (κ1) is 34.4. The molecular formula is C38H56N2O3. The summed E-state index contributed by atoms with van der Waals surface area (Å²) >= 11 is 0. The van der Waals surface area contributed by atoms with Crippen molar-refractivity contribution in [1.29, 1.82) is 0 Å². The Balaban J connectivity index is 1.61. The number of aliphatic hydroxyl groups excluding tert-OH is 1. The molecule has 3 rings (SSSR count). The number of anilines is 1. The molecule has 5 heteroatoms. The number of likely N-dealkylation sites (tertiary alicyclic amines) is 1. The summed E-state index contributed by atoms with van der Waals surface area (Å²) in [6.07, 6.45) is 17.8. The lowest BCUT2D eigenvalue weighted by Crippen LogP contribution is -2.30. The van der Waals surface area contributed by atoms with Gasteiger partial charge in [-0.3, -0.25) is 9.59 Å². The lowest BCUT2D eigenvalue weighted by atomic mass is 9.94. The number of rotatable bonds is 20. The highest BCUT2D eigenvalue weighted by Gasteiger charge is 2.45. The average Bonchev–Trinajstić information content (AvgIpc) is 3.27. The maximum atomic E-state index is 13.4. The highest BCUT2D eigenvalue weighted by molar-refractivity contribution is 6.46. The minimum Gasteiger partial charge on any atom is -0.507 e. The summed E-state index contributed by atoms with van der Waals surface area (Å²) in [4.78, 5) is 30.7. The van der Waals surface area contributed by atoms with E-state index in [2.05, 4.69) is 37.8 Å². The van der Waals surface area contributed by atoms with Crippen LogP contribution in [0.15, 0.2) is 54.1 Å². The molecule has 1 saturated heterocycles. The van der Waals surface area contributed by atoms with Crippen LogP contribution >= 0.6 is 0 Å². The number of hydrogen-bond donors (Lipinski definition) is 1. The van der Waals surface area contributed by atoms with Crippen molar-refractivity contribution < 1.29 is 14.7 Å². The lowest BCUT2D eigenvalue weighted by Gasteiger charge is -2.26. The number of unbranched alkanes of at least 4 members (excludes halogenated alkanes) is 13. The SMILES string of the molecule is CCCCCCCCCCCCCCCCN1C(=O)C(=O)/C(=C(/O)c2ccc(C)cc2)C1c1ccc(N(CC)CC)cc1. The normalized spacial score (nSPS) is 16.3. The fraction of sp³-hybridized carbons (Fsp3) is 0.579. The van der Waals surface area contributed by atoms with Crippen LogP contribution in [0.5, 0.6) is 0 Å². The molecule has 0 aromatic heterocycles. The second-order valence-corrected chi connectivity index (χ2v) is 12.2. The summed E-state index contributed by atoms with van der Waals surface area (Å²) in [7, 11) is 0. The van der Waals surface area contributed by atoms with Crippen LogP contribution in [0.3, 0.4) is 0 Å². The molecule has 1 heterocycles. The topological polar surface area (TPSA) is 60.9 Å². The van der Waals surface area contributed by atoms with E-state index in [1.54, 1.807) is 4.90 Å². The Hall–Kier alpha value is -3.08. The standard InChI is InChI=1S/C38H56N2O3/c1-5-8-9-10-11-12-13-14-15-16-17-18-19-20-29-40-35(31-25-27-33(28-26-31)39(6-2)7-3)34(37(42)38(40)43)36(41)32-23-21-30(4)22-24-32/h21-28,35,41H,5-20,29H2,1-4H3/b36-34+. The van der Waals surface area contributed by atoms with Gasteiger partial charge in [-0.2, -0.15) is 0 Å². The predicted molar refractivity (Wildman–Crippen MR) is 181 cm³/mol. The summed E-state index contributed by atoms with van der Waals surface area (Å²) in [5, 5.41) is 11.3. The van der Waals surface area contributed by atoms with Gasteiger partial charge in [-0.05, 0) is 44.9 Å². The smallest absolute Gasteiger partial charge is 0.295 e. The van der Waals surface area contributed by atoms with Crippen molar-refractivity contribution in [2.75, 3.05) is 24.5 Å². The van der Waals surface area contributed by atoms with Gasteiger partial charge >= 0.3 is 0 Å². The zero-order valence-corrected chi connectivity index (χ0v) is 27.4. The Morgan fingerprint density at radius 3 is 1.67 bits per heavy atom. The van der Waals surface area contributed by atoms with Crippen LogP contribution in [0.2, 0.25) is 0 Å². The number of benzene rings is 2. The van der Waals surface area contributed by atoms with Gasteiger partial charge in [0.15, 0.2) is 0 Å². The summed E-state index contributed by atoms with van der Waals surface area (Å²) in [6.45, 7) is 10.8. The third-order valence-corrected chi connectivity index (χ3v) is 8.95. The fourth-order valence-corrected chi connectivity index (χ4v) is 6.26. The first-order chi connectivity index (χ1) is 20.9. The maximum absolute atomic E-state index is 13.4. The number of aryl methyl sites for hydroxylation is 1. The van der Waals surface area contributed by atoms with Gasteiger partial charge in [-0.1, -0.05) is 132 Å². The highest BCUT2D eigenvalue weighted by Crippen LogP contribution is 2.40. The first-order valence-corrected chi connectivity index (χ1v) is 17.1. The Kier molecular flexibility index (Phi) is 14.8. The summed E-state index contributed by atoms with van der Waals surface area (Å²) in [5.74, 6) is -1.21. The molecule has 1 aliphatic rings. The van der Waals surface area contributed by atoms with E-state index >= 15 is 0 Å². The number of carbonyl (C=O) groups excluding carboxylic acids is 2. The van der Waals surface area contributed by atoms with Crippen LogP contribution in [0, 0.1) is 6.92 Å². The fourth-order valence-electron chi connectivity index (χ4n) is 6.26. The minimum absolute atomic E-state index is 0.0976. The van der Waals surface area contributed by atoms with Crippen LogP contribution in [0.25, 0.3) is 5.76 Å². The van der Waals surface area contributed by atoms with Gasteiger partial charge in [0, 0.05) is 30.9 Å². The molecule has 1 fully saturated rings. The Morgan fingerprint density at radius 1 is 0.698 bits per heavy atom. The van der Waals surface area contributed by atoms with E-state index in [4.69, 9.17) is 0 Å². The summed E-state index contributed by atoms with van der Waals surface area (Å²) in [5.41, 5.74) is 3.78. The highest BCUT2D eigenvalue weighted by atomic mass is 16.3. The predicted octanol–water partition coefficient (Wildman–Crippen LogP) is 9.74. The summed E-state index contributed by atoms with van der Waals surface area (Å²) in [6, 6.07) is 15.0. The van der Waals surface area contributed by atoms with E-state index in [0.717, 1.165) is 49.2 Å². The zero-order valence-electron chi connectivity index (χ0n) is 27.4. The molecule has 236 valence electrons. The van der Waals surface area contributed by atoms with E-state index in [0.29, 0.717) is 12.1 Å². The number of Topliss-reactive ketones (excluding diaryl/α,β-unsaturated/α-hetero) is 1. The molecule has 0 spiro atoms. The van der Waals surface area contributed by atoms with Crippen LogP contribution in [0.1, 0.15) is 133 Å². The van der Waals surface area contributed by atoms with E-state index < -0.39 is 17.7 Å². The van der Waals surface area contributed by atoms with Crippen molar-refractivity contribution in [3.05, 3.63) is 70.8 Å². The van der Waals surface area contributed by atoms with E-state index in [1.165, 1.54) is 70.6 Å². The van der Waals surface area contributed by atoms with Crippen LogP contribution in [-0.4, -0.2) is 41.3 Å². The third kappa shape index (κ3) is 9.98. The van der Waals surface area contributed by atoms with Gasteiger partial charge in [0.25, 0.3) is 11.7 Å². The van der Waals surface area contributed by atoms with Crippen molar-refractivity contribution >= 4 is 23.1 Å². The van der Waals surface area contributed by atoms with Gasteiger partial charge in [0.1, 0.15) is 5.76 Å². The van der Waals surface area contributed by atoms with E-state index in [9.17, 15) is 14.7 Å². The van der Waals surface area contributed by atoms with Crippen molar-refractivity contribution in [2.45, 2.75) is 124 Å². The van der Waals surface area contributed by atoms with E-state index in [1.807, 2.05) is 43.3 Å². The number of nitrogens with zero attached hydrogens (tertiary/aromatic N) is 2. The molecule has 1 atom stereocenters. The lowest BCUT2D eigenvalue weighted by molar-refractivity contribution is -0.139. The van der Waals surface area contributed by atoms with Gasteiger partial charge in [0.05, 0.1) is 11.6 Å². The summed E-state index contributed by atoms with van der Waals surface area (Å²) < 4.78 is 0. The molecule has 1 amide bonds. The first-order valence-electron chi connectivity index (χ1n) is 17.1. The molecule has 1 unspecified atom stereocenters. The Bertz CT molecular complexity index is 1150. The second-order valence-electron chi connectivity index (χ2n) is 12.2. The zero-order chi connectivity index (χ0) is 31.0. The maximum Gasteiger partial charge on any atom is 0.295 e. The van der Waals surface area contributed by atoms with Crippen molar-refractivity contribution in [2.24, 2.45) is 0 Å². The molecule has 1 aliphatic heterocycles. The molecule has 0 bridgehead atoms. The van der Waals surface area contributed by atoms with Crippen molar-refractivity contribution in [3.63, 3.8) is 0 Å². The van der Waals surface area contributed by atoms with Crippen LogP contribution in [0.4, 0.5) is 5.69 Å². The average molecular weight is 589 g/mol. The number of hydrogen-bond acceptors (Lipinski definition) is 4. The number of aliphatic hydroxyl groups is 1. The molecule has 0 saturated carbocycles. The molecule has 43 heavy (non-hydrogen) atoms. The monoisotopic (exact) mass is 588 g/mol. The quantitative estimate of drug-likeness (QED) is 0.0724.